The number of amides is 1. The minimum absolute atomic E-state index is 0.193. The van der Waals surface area contributed by atoms with Crippen LogP contribution < -0.4 is 16.0 Å². The minimum Gasteiger partial charge on any atom is -0.368 e. The van der Waals surface area contributed by atoms with Crippen molar-refractivity contribution in [2.75, 3.05) is 18.0 Å². The van der Waals surface area contributed by atoms with E-state index >= 15 is 0 Å². The Kier molecular flexibility index (Phi) is 4.34. The summed E-state index contributed by atoms with van der Waals surface area (Å²) in [5, 5.41) is 2.97. The van der Waals surface area contributed by atoms with Crippen molar-refractivity contribution in [1.29, 1.82) is 0 Å². The monoisotopic (exact) mass is 372 g/mol. The molecule has 2 heterocycles. The highest BCUT2D eigenvalue weighted by molar-refractivity contribution is 6.03. The van der Waals surface area contributed by atoms with Crippen molar-refractivity contribution in [2.24, 2.45) is 5.73 Å². The second kappa shape index (κ2) is 6.56. The zero-order valence-electron chi connectivity index (χ0n) is 15.1. The number of hydrogen-bond donors (Lipinski definition) is 2. The third-order valence-electron chi connectivity index (χ3n) is 5.07. The molecule has 1 atom stereocenters. The van der Waals surface area contributed by atoms with E-state index in [9.17, 15) is 13.6 Å². The number of pyridine rings is 1. The minimum atomic E-state index is -0.672. The van der Waals surface area contributed by atoms with Crippen molar-refractivity contribution in [2.45, 2.75) is 37.8 Å². The van der Waals surface area contributed by atoms with E-state index in [4.69, 9.17) is 5.73 Å². The lowest BCUT2D eigenvalue weighted by Gasteiger charge is -2.26. The van der Waals surface area contributed by atoms with Gasteiger partial charge in [-0.05, 0) is 43.9 Å². The normalized spacial score (nSPS) is 22.1. The summed E-state index contributed by atoms with van der Waals surface area (Å²) in [7, 11) is 0. The van der Waals surface area contributed by atoms with Gasteiger partial charge in [-0.2, -0.15) is 0 Å². The van der Waals surface area contributed by atoms with Crippen molar-refractivity contribution < 1.29 is 13.6 Å². The summed E-state index contributed by atoms with van der Waals surface area (Å²) < 4.78 is 27.6. The molecule has 2 aliphatic rings. The molecule has 27 heavy (non-hydrogen) atoms. The van der Waals surface area contributed by atoms with Crippen LogP contribution in [-0.2, 0) is 0 Å². The summed E-state index contributed by atoms with van der Waals surface area (Å²) in [6.07, 6.45) is 5.75. The summed E-state index contributed by atoms with van der Waals surface area (Å²) in [5.41, 5.74) is 7.79. The summed E-state index contributed by atoms with van der Waals surface area (Å²) in [4.78, 5) is 19.0. The first kappa shape index (κ1) is 17.9. The number of rotatable bonds is 4. The molecule has 0 unspecified atom stereocenters. The molecule has 0 bridgehead atoms. The van der Waals surface area contributed by atoms with Crippen LogP contribution in [0.15, 0.2) is 30.6 Å². The van der Waals surface area contributed by atoms with Crippen LogP contribution in [0.4, 0.5) is 14.5 Å². The lowest BCUT2D eigenvalue weighted by Crippen LogP contribution is -2.39. The molecule has 1 amide bonds. The van der Waals surface area contributed by atoms with Crippen LogP contribution in [0.2, 0.25) is 0 Å². The summed E-state index contributed by atoms with van der Waals surface area (Å²) in [6.45, 7) is 3.16. The largest absolute Gasteiger partial charge is 0.368 e. The van der Waals surface area contributed by atoms with Crippen molar-refractivity contribution in [3.63, 3.8) is 0 Å². The Morgan fingerprint density at radius 1 is 1.26 bits per heavy atom. The Morgan fingerprint density at radius 3 is 2.56 bits per heavy atom. The highest BCUT2D eigenvalue weighted by atomic mass is 19.1. The molecular weight excluding hydrogens is 350 g/mol. The zero-order valence-corrected chi connectivity index (χ0v) is 15.1. The fourth-order valence-electron chi connectivity index (χ4n) is 3.55. The number of aromatic nitrogens is 1. The van der Waals surface area contributed by atoms with Gasteiger partial charge in [0.25, 0.3) is 5.91 Å². The molecule has 2 fully saturated rings. The Labute approximate surface area is 156 Å². The Balaban J connectivity index is 1.83. The molecule has 1 aliphatic carbocycles. The summed E-state index contributed by atoms with van der Waals surface area (Å²) in [6, 6.07) is 3.53. The van der Waals surface area contributed by atoms with Gasteiger partial charge in [0.1, 0.15) is 11.6 Å². The molecule has 3 N–H and O–H groups in total. The number of carbonyl (C=O) groups is 1. The number of benzene rings is 1. The quantitative estimate of drug-likeness (QED) is 0.866. The number of anilines is 1. The van der Waals surface area contributed by atoms with Crippen LogP contribution in [0.3, 0.4) is 0 Å². The maximum atomic E-state index is 13.8. The van der Waals surface area contributed by atoms with Gasteiger partial charge in [-0.15, -0.1) is 0 Å². The third-order valence-corrected chi connectivity index (χ3v) is 5.07. The van der Waals surface area contributed by atoms with Crippen LogP contribution in [-0.4, -0.2) is 35.6 Å². The third kappa shape index (κ3) is 3.78. The van der Waals surface area contributed by atoms with Gasteiger partial charge in [0.05, 0.1) is 11.3 Å². The standard InChI is InChI=1S/C20H22F2N4O/c1-20(23)4-5-26(11-20)18-16(12-6-13(21)8-14(22)7-12)9-24-10-17(18)19(27)25-15-2-3-15/h6-10,15H,2-5,11,23H2,1H3,(H,25,27)/t20-/m0/s1. The van der Waals surface area contributed by atoms with Gasteiger partial charge in [-0.1, -0.05) is 0 Å². The van der Waals surface area contributed by atoms with Crippen molar-refractivity contribution >= 4 is 11.6 Å². The molecule has 142 valence electrons. The van der Waals surface area contributed by atoms with Crippen molar-refractivity contribution in [1.82, 2.24) is 10.3 Å². The predicted octanol–water partition coefficient (Wildman–Crippen LogP) is 2.85. The molecule has 1 saturated carbocycles. The topological polar surface area (TPSA) is 71.2 Å². The molecule has 1 aromatic carbocycles. The predicted molar refractivity (Wildman–Crippen MR) is 99.5 cm³/mol. The van der Waals surface area contributed by atoms with E-state index in [1.54, 1.807) is 6.20 Å². The van der Waals surface area contributed by atoms with Crippen LogP contribution in [0.5, 0.6) is 0 Å². The highest BCUT2D eigenvalue weighted by Crippen LogP contribution is 2.37. The SMILES string of the molecule is C[C@]1(N)CCN(c2c(C(=O)NC3CC3)cncc2-c2cc(F)cc(F)c2)C1. The van der Waals surface area contributed by atoms with Crippen LogP contribution in [0.1, 0.15) is 36.5 Å². The number of nitrogens with zero attached hydrogens (tertiary/aromatic N) is 2. The average Bonchev–Trinajstić information content (AvgIpc) is 3.34. The molecule has 0 spiro atoms. The van der Waals surface area contributed by atoms with Crippen molar-refractivity contribution in [3.8, 4) is 11.1 Å². The number of carbonyl (C=O) groups excluding carboxylic acids is 1. The number of halogens is 2. The number of nitrogens with one attached hydrogen (secondary N) is 1. The lowest BCUT2D eigenvalue weighted by atomic mass is 10.0. The number of hydrogen-bond acceptors (Lipinski definition) is 4. The molecule has 2 aromatic rings. The second-order valence-corrected chi connectivity index (χ2v) is 7.81. The van der Waals surface area contributed by atoms with Gasteiger partial charge in [0, 0.05) is 48.7 Å². The Bertz CT molecular complexity index is 875. The zero-order chi connectivity index (χ0) is 19.2. The first-order chi connectivity index (χ1) is 12.8. The van der Waals surface area contributed by atoms with E-state index in [1.807, 2.05) is 11.8 Å². The van der Waals surface area contributed by atoms with Crippen LogP contribution in [0, 0.1) is 11.6 Å². The molecule has 0 radical (unpaired) electrons. The smallest absolute Gasteiger partial charge is 0.255 e. The average molecular weight is 372 g/mol. The van der Waals surface area contributed by atoms with Gasteiger partial charge in [0.2, 0.25) is 0 Å². The molecular formula is C20H22F2N4O. The van der Waals surface area contributed by atoms with E-state index in [-0.39, 0.29) is 11.9 Å². The molecule has 7 heteroatoms. The fourth-order valence-corrected chi connectivity index (χ4v) is 3.55. The maximum absolute atomic E-state index is 13.8. The van der Waals surface area contributed by atoms with Gasteiger partial charge in [-0.25, -0.2) is 8.78 Å². The van der Waals surface area contributed by atoms with E-state index < -0.39 is 17.2 Å². The highest BCUT2D eigenvalue weighted by Gasteiger charge is 2.34. The molecule has 1 saturated heterocycles. The molecule has 1 aliphatic heterocycles. The van der Waals surface area contributed by atoms with Crippen molar-refractivity contribution in [3.05, 3.63) is 47.8 Å². The Morgan fingerprint density at radius 2 is 1.96 bits per heavy atom. The van der Waals surface area contributed by atoms with E-state index in [1.165, 1.54) is 18.3 Å². The first-order valence-corrected chi connectivity index (χ1v) is 9.11. The van der Waals surface area contributed by atoms with Gasteiger partial charge in [-0.3, -0.25) is 9.78 Å². The van der Waals surface area contributed by atoms with E-state index in [2.05, 4.69) is 10.3 Å². The van der Waals surface area contributed by atoms with E-state index in [0.29, 0.717) is 35.5 Å². The van der Waals surface area contributed by atoms with Gasteiger partial charge >= 0.3 is 0 Å². The summed E-state index contributed by atoms with van der Waals surface area (Å²) >= 11 is 0. The molecule has 1 aromatic heterocycles. The molecule has 5 nitrogen and oxygen atoms in total. The van der Waals surface area contributed by atoms with Crippen LogP contribution >= 0.6 is 0 Å². The first-order valence-electron chi connectivity index (χ1n) is 9.11. The van der Waals surface area contributed by atoms with Gasteiger partial charge < -0.3 is 16.0 Å². The molecule has 4 rings (SSSR count). The van der Waals surface area contributed by atoms with E-state index in [0.717, 1.165) is 25.3 Å². The lowest BCUT2D eigenvalue weighted by molar-refractivity contribution is 0.0951. The Hall–Kier alpha value is -2.54. The van der Waals surface area contributed by atoms with Gasteiger partial charge in [0.15, 0.2) is 0 Å². The second-order valence-electron chi connectivity index (χ2n) is 7.81. The maximum Gasteiger partial charge on any atom is 0.255 e. The summed E-state index contributed by atoms with van der Waals surface area (Å²) in [5.74, 6) is -1.56. The van der Waals surface area contributed by atoms with Crippen LogP contribution in [0.25, 0.3) is 11.1 Å². The fraction of sp³-hybridized carbons (Fsp3) is 0.400. The number of nitrogens with two attached hydrogens (primary N) is 1.